The number of rotatable bonds is 3. The molecule has 0 bridgehead atoms. The predicted octanol–water partition coefficient (Wildman–Crippen LogP) is 2.49. The minimum atomic E-state index is -0.996. The lowest BCUT2D eigenvalue weighted by atomic mass is 10.0. The molecule has 5 heteroatoms. The third-order valence-electron chi connectivity index (χ3n) is 2.34. The average Bonchev–Trinajstić information content (AvgIpc) is 2.85. The fourth-order valence-electron chi connectivity index (χ4n) is 1.58. The van der Waals surface area contributed by atoms with E-state index in [0.29, 0.717) is 17.1 Å². The minimum Gasteiger partial charge on any atom is -0.478 e. The second kappa shape index (κ2) is 3.84. The number of hydrogen-bond acceptors (Lipinski definition) is 3. The zero-order valence-electron chi connectivity index (χ0n) is 9.02. The van der Waals surface area contributed by atoms with Crippen LogP contribution in [0.1, 0.15) is 35.8 Å². The number of aromatic nitrogens is 2. The molecule has 2 heterocycles. The van der Waals surface area contributed by atoms with Crippen molar-refractivity contribution in [1.29, 1.82) is 0 Å². The number of carboxylic acid groups (broad SMARTS) is 1. The van der Waals surface area contributed by atoms with E-state index in [1.54, 1.807) is 12.1 Å². The van der Waals surface area contributed by atoms with E-state index in [-0.39, 0.29) is 11.5 Å². The van der Waals surface area contributed by atoms with Gasteiger partial charge in [0, 0.05) is 0 Å². The van der Waals surface area contributed by atoms with Crippen LogP contribution in [0, 0.1) is 0 Å². The van der Waals surface area contributed by atoms with Crippen LogP contribution in [-0.4, -0.2) is 21.3 Å². The Hall–Kier alpha value is -2.04. The minimum absolute atomic E-state index is 0.0716. The standard InChI is InChI=1S/C11H12N2O3/c1-6(2)9-8(11(14)15)10(13-12-9)7-4-3-5-16-7/h3-6H,1-2H3,(H,12,13)(H,14,15). The molecule has 2 N–H and O–H groups in total. The molecule has 5 nitrogen and oxygen atoms in total. The van der Waals surface area contributed by atoms with E-state index in [4.69, 9.17) is 4.42 Å². The van der Waals surface area contributed by atoms with Gasteiger partial charge in [0.05, 0.1) is 12.0 Å². The fourth-order valence-corrected chi connectivity index (χ4v) is 1.58. The highest BCUT2D eigenvalue weighted by Crippen LogP contribution is 2.27. The maximum atomic E-state index is 11.2. The zero-order chi connectivity index (χ0) is 11.7. The van der Waals surface area contributed by atoms with Gasteiger partial charge in [-0.05, 0) is 18.1 Å². The van der Waals surface area contributed by atoms with E-state index in [9.17, 15) is 9.90 Å². The molecule has 2 aromatic heterocycles. The maximum absolute atomic E-state index is 11.2. The lowest BCUT2D eigenvalue weighted by Gasteiger charge is -2.02. The second-order valence-corrected chi connectivity index (χ2v) is 3.80. The fraction of sp³-hybridized carbons (Fsp3) is 0.273. The first-order valence-electron chi connectivity index (χ1n) is 4.96. The van der Waals surface area contributed by atoms with Gasteiger partial charge in [0.25, 0.3) is 0 Å². The van der Waals surface area contributed by atoms with Crippen LogP contribution in [0.4, 0.5) is 0 Å². The molecule has 0 saturated carbocycles. The summed E-state index contributed by atoms with van der Waals surface area (Å²) in [6.45, 7) is 3.82. The smallest absolute Gasteiger partial charge is 0.339 e. The third kappa shape index (κ3) is 1.60. The van der Waals surface area contributed by atoms with Crippen LogP contribution in [0.3, 0.4) is 0 Å². The number of carboxylic acids is 1. The van der Waals surface area contributed by atoms with Gasteiger partial charge in [0.15, 0.2) is 5.76 Å². The van der Waals surface area contributed by atoms with Crippen LogP contribution in [0.2, 0.25) is 0 Å². The molecule has 0 aliphatic heterocycles. The Labute approximate surface area is 92.1 Å². The number of nitrogens with one attached hydrogen (secondary N) is 1. The van der Waals surface area contributed by atoms with E-state index >= 15 is 0 Å². The van der Waals surface area contributed by atoms with Gasteiger partial charge < -0.3 is 9.52 Å². The van der Waals surface area contributed by atoms with Crippen molar-refractivity contribution in [1.82, 2.24) is 10.2 Å². The molecule has 0 aliphatic carbocycles. The first-order chi connectivity index (χ1) is 7.61. The summed E-state index contributed by atoms with van der Waals surface area (Å²) in [4.78, 5) is 11.2. The number of hydrogen-bond donors (Lipinski definition) is 2. The van der Waals surface area contributed by atoms with Crippen LogP contribution in [0.25, 0.3) is 11.5 Å². The number of furan rings is 1. The number of carbonyl (C=O) groups is 1. The first-order valence-corrected chi connectivity index (χ1v) is 4.96. The van der Waals surface area contributed by atoms with Gasteiger partial charge in [-0.3, -0.25) is 5.10 Å². The summed E-state index contributed by atoms with van der Waals surface area (Å²) in [5, 5.41) is 15.9. The van der Waals surface area contributed by atoms with Crippen LogP contribution in [0.15, 0.2) is 22.8 Å². The highest BCUT2D eigenvalue weighted by Gasteiger charge is 2.23. The molecular formula is C11H12N2O3. The van der Waals surface area contributed by atoms with E-state index in [1.807, 2.05) is 13.8 Å². The number of aromatic carboxylic acids is 1. The van der Waals surface area contributed by atoms with Crippen molar-refractivity contribution in [3.8, 4) is 11.5 Å². The van der Waals surface area contributed by atoms with Crippen molar-refractivity contribution >= 4 is 5.97 Å². The van der Waals surface area contributed by atoms with E-state index in [0.717, 1.165) is 0 Å². The van der Waals surface area contributed by atoms with Crippen molar-refractivity contribution in [3.63, 3.8) is 0 Å². The molecule has 0 radical (unpaired) electrons. The molecule has 2 aromatic rings. The van der Waals surface area contributed by atoms with Gasteiger partial charge >= 0.3 is 5.97 Å². The van der Waals surface area contributed by atoms with Gasteiger partial charge in [0.2, 0.25) is 0 Å². The van der Waals surface area contributed by atoms with E-state index in [1.165, 1.54) is 6.26 Å². The summed E-state index contributed by atoms with van der Waals surface area (Å²) in [5.41, 5.74) is 1.14. The summed E-state index contributed by atoms with van der Waals surface area (Å²) in [6, 6.07) is 3.39. The lowest BCUT2D eigenvalue weighted by Crippen LogP contribution is -2.03. The first kappa shape index (κ1) is 10.5. The zero-order valence-corrected chi connectivity index (χ0v) is 9.02. The van der Waals surface area contributed by atoms with Crippen LogP contribution in [-0.2, 0) is 0 Å². The molecule has 0 fully saturated rings. The SMILES string of the molecule is CC(C)c1[nH]nc(-c2ccco2)c1C(=O)O. The number of H-pyrrole nitrogens is 1. The Kier molecular flexibility index (Phi) is 2.52. The number of nitrogens with zero attached hydrogens (tertiary/aromatic N) is 1. The van der Waals surface area contributed by atoms with E-state index in [2.05, 4.69) is 10.2 Å². The largest absolute Gasteiger partial charge is 0.478 e. The molecule has 0 amide bonds. The topological polar surface area (TPSA) is 79.1 Å². The molecule has 0 saturated heterocycles. The quantitative estimate of drug-likeness (QED) is 0.832. The average molecular weight is 220 g/mol. The molecule has 0 aromatic carbocycles. The van der Waals surface area contributed by atoms with Gasteiger partial charge in [-0.15, -0.1) is 0 Å². The molecule has 0 aliphatic rings. The molecule has 0 atom stereocenters. The maximum Gasteiger partial charge on any atom is 0.339 e. The summed E-state index contributed by atoms with van der Waals surface area (Å²) in [6.07, 6.45) is 1.49. The second-order valence-electron chi connectivity index (χ2n) is 3.80. The lowest BCUT2D eigenvalue weighted by molar-refractivity contribution is 0.0696. The summed E-state index contributed by atoms with van der Waals surface area (Å²) >= 11 is 0. The van der Waals surface area contributed by atoms with Gasteiger partial charge in [0.1, 0.15) is 11.3 Å². The van der Waals surface area contributed by atoms with Crippen molar-refractivity contribution < 1.29 is 14.3 Å². The highest BCUT2D eigenvalue weighted by atomic mass is 16.4. The Bertz CT molecular complexity index is 497. The molecule has 0 unspecified atom stereocenters. The van der Waals surface area contributed by atoms with Crippen LogP contribution in [0.5, 0.6) is 0 Å². The summed E-state index contributed by atoms with van der Waals surface area (Å²) in [7, 11) is 0. The predicted molar refractivity (Wildman–Crippen MR) is 57.3 cm³/mol. The van der Waals surface area contributed by atoms with Gasteiger partial charge in [-0.1, -0.05) is 13.8 Å². The Balaban J connectivity index is 2.59. The molecule has 84 valence electrons. The molecule has 16 heavy (non-hydrogen) atoms. The third-order valence-corrected chi connectivity index (χ3v) is 2.34. The van der Waals surface area contributed by atoms with Gasteiger partial charge in [-0.2, -0.15) is 5.10 Å². The summed E-state index contributed by atoms with van der Waals surface area (Å²) in [5.74, 6) is -0.466. The Morgan fingerprint density at radius 1 is 1.56 bits per heavy atom. The van der Waals surface area contributed by atoms with Crippen molar-refractivity contribution in [2.45, 2.75) is 19.8 Å². The highest BCUT2D eigenvalue weighted by molar-refractivity contribution is 5.95. The normalized spacial score (nSPS) is 10.9. The molecule has 0 spiro atoms. The molecule has 2 rings (SSSR count). The Morgan fingerprint density at radius 2 is 2.31 bits per heavy atom. The van der Waals surface area contributed by atoms with Crippen LogP contribution < -0.4 is 0 Å². The Morgan fingerprint density at radius 3 is 2.81 bits per heavy atom. The van der Waals surface area contributed by atoms with Crippen LogP contribution >= 0.6 is 0 Å². The van der Waals surface area contributed by atoms with Crippen molar-refractivity contribution in [2.75, 3.05) is 0 Å². The number of aromatic amines is 1. The van der Waals surface area contributed by atoms with Crippen molar-refractivity contribution in [2.24, 2.45) is 0 Å². The monoisotopic (exact) mass is 220 g/mol. The van der Waals surface area contributed by atoms with Crippen molar-refractivity contribution in [3.05, 3.63) is 29.7 Å². The molecular weight excluding hydrogens is 208 g/mol. The summed E-state index contributed by atoms with van der Waals surface area (Å²) < 4.78 is 5.16. The van der Waals surface area contributed by atoms with E-state index < -0.39 is 5.97 Å². The van der Waals surface area contributed by atoms with Gasteiger partial charge in [-0.25, -0.2) is 4.79 Å².